The van der Waals surface area contributed by atoms with Gasteiger partial charge in [0.05, 0.1) is 26.5 Å². The zero-order valence-electron chi connectivity index (χ0n) is 16.4. The van der Waals surface area contributed by atoms with Gasteiger partial charge in [0.15, 0.2) is 0 Å². The maximum Gasteiger partial charge on any atom is 0.137 e. The highest BCUT2D eigenvalue weighted by Gasteiger charge is 2.19. The monoisotopic (exact) mass is 412 g/mol. The van der Waals surface area contributed by atoms with E-state index in [9.17, 15) is 4.79 Å². The maximum atomic E-state index is 12.8. The van der Waals surface area contributed by atoms with E-state index in [2.05, 4.69) is 5.10 Å². The summed E-state index contributed by atoms with van der Waals surface area (Å²) in [4.78, 5) is 12.8. The van der Waals surface area contributed by atoms with Crippen molar-refractivity contribution in [3.05, 3.63) is 82.6 Å². The first-order chi connectivity index (χ1) is 14.1. The van der Waals surface area contributed by atoms with Crippen LogP contribution >= 0.6 is 11.6 Å². The van der Waals surface area contributed by atoms with E-state index in [0.717, 1.165) is 28.9 Å². The van der Waals surface area contributed by atoms with Crippen LogP contribution in [0.1, 0.15) is 29.0 Å². The number of carbonyl (C=O) groups is 1. The Hall–Kier alpha value is -2.63. The highest BCUT2D eigenvalue weighted by atomic mass is 35.5. The van der Waals surface area contributed by atoms with Gasteiger partial charge in [-0.05, 0) is 53.3 Å². The average molecular weight is 413 g/mol. The maximum absolute atomic E-state index is 12.8. The second kappa shape index (κ2) is 10.2. The highest BCUT2D eigenvalue weighted by Crippen LogP contribution is 2.26. The van der Waals surface area contributed by atoms with Gasteiger partial charge in [0.1, 0.15) is 11.5 Å². The van der Waals surface area contributed by atoms with Crippen molar-refractivity contribution < 1.29 is 14.6 Å². The molecule has 0 bridgehead atoms. The van der Waals surface area contributed by atoms with Crippen LogP contribution in [0.15, 0.2) is 60.9 Å². The van der Waals surface area contributed by atoms with Gasteiger partial charge < -0.3 is 9.84 Å². The number of halogens is 1. The van der Waals surface area contributed by atoms with E-state index in [1.54, 1.807) is 30.1 Å². The van der Waals surface area contributed by atoms with E-state index in [-0.39, 0.29) is 18.3 Å². The van der Waals surface area contributed by atoms with Crippen molar-refractivity contribution in [2.75, 3.05) is 13.7 Å². The summed E-state index contributed by atoms with van der Waals surface area (Å²) < 4.78 is 6.94. The minimum atomic E-state index is 0.00985. The number of hydrogen-bond acceptors (Lipinski definition) is 4. The second-order valence-electron chi connectivity index (χ2n) is 7.06. The SMILES string of the molecule is COc1ccc(C[C@H](CC(=O)Cc2ccc(Cl)cc2)c2cnn(CCO)c2)cc1. The number of aliphatic hydroxyl groups is 1. The first kappa shape index (κ1) is 21.1. The predicted octanol–water partition coefficient (Wildman–Crippen LogP) is 4.07. The molecule has 0 saturated carbocycles. The Labute approximate surface area is 175 Å². The van der Waals surface area contributed by atoms with E-state index in [0.29, 0.717) is 24.4 Å². The number of nitrogens with zero attached hydrogens (tertiary/aromatic N) is 2. The smallest absolute Gasteiger partial charge is 0.137 e. The van der Waals surface area contributed by atoms with E-state index in [1.165, 1.54) is 0 Å². The van der Waals surface area contributed by atoms with Crippen LogP contribution in [0.5, 0.6) is 5.75 Å². The van der Waals surface area contributed by atoms with Crippen molar-refractivity contribution in [3.63, 3.8) is 0 Å². The van der Waals surface area contributed by atoms with Gasteiger partial charge in [0.2, 0.25) is 0 Å². The average Bonchev–Trinajstić information content (AvgIpc) is 3.19. The number of rotatable bonds is 10. The third kappa shape index (κ3) is 6.17. The lowest BCUT2D eigenvalue weighted by Crippen LogP contribution is -2.12. The summed E-state index contributed by atoms with van der Waals surface area (Å²) in [6.45, 7) is 0.466. The lowest BCUT2D eigenvalue weighted by atomic mass is 9.88. The molecule has 1 N–H and O–H groups in total. The van der Waals surface area contributed by atoms with Gasteiger partial charge in [-0.3, -0.25) is 9.48 Å². The molecule has 3 aromatic rings. The number of Topliss-reactive ketones (excluding diaryl/α,β-unsaturated/α-hetero) is 1. The Bertz CT molecular complexity index is 920. The number of benzene rings is 2. The molecular weight excluding hydrogens is 388 g/mol. The number of ether oxygens (including phenoxy) is 1. The summed E-state index contributed by atoms with van der Waals surface area (Å²) in [5, 5.41) is 14.1. The molecule has 1 heterocycles. The van der Waals surface area contributed by atoms with Crippen molar-refractivity contribution in [3.8, 4) is 5.75 Å². The Morgan fingerprint density at radius 3 is 2.48 bits per heavy atom. The molecule has 0 radical (unpaired) electrons. The Morgan fingerprint density at radius 2 is 1.83 bits per heavy atom. The van der Waals surface area contributed by atoms with Crippen molar-refractivity contribution in [2.24, 2.45) is 0 Å². The quantitative estimate of drug-likeness (QED) is 0.545. The summed E-state index contributed by atoms with van der Waals surface area (Å²) in [5.41, 5.74) is 3.09. The van der Waals surface area contributed by atoms with E-state index in [4.69, 9.17) is 21.4 Å². The molecule has 0 amide bonds. The molecule has 0 aliphatic carbocycles. The third-order valence-electron chi connectivity index (χ3n) is 4.88. The minimum absolute atomic E-state index is 0.00985. The van der Waals surface area contributed by atoms with Crippen molar-refractivity contribution >= 4 is 17.4 Å². The molecule has 1 aromatic heterocycles. The van der Waals surface area contributed by atoms with Gasteiger partial charge in [0.25, 0.3) is 0 Å². The molecule has 1 atom stereocenters. The fourth-order valence-corrected chi connectivity index (χ4v) is 3.47. The first-order valence-electron chi connectivity index (χ1n) is 9.59. The lowest BCUT2D eigenvalue weighted by Gasteiger charge is -2.15. The van der Waals surface area contributed by atoms with Crippen LogP contribution in [0.4, 0.5) is 0 Å². The summed E-state index contributed by atoms with van der Waals surface area (Å²) in [5.74, 6) is 0.983. The van der Waals surface area contributed by atoms with Gasteiger partial charge in [0, 0.05) is 24.1 Å². The van der Waals surface area contributed by atoms with E-state index >= 15 is 0 Å². The van der Waals surface area contributed by atoms with Crippen LogP contribution < -0.4 is 4.74 Å². The summed E-state index contributed by atoms with van der Waals surface area (Å²) in [6.07, 6.45) is 5.22. The molecular formula is C23H25ClN2O3. The van der Waals surface area contributed by atoms with Gasteiger partial charge in [-0.1, -0.05) is 35.9 Å². The molecule has 0 saturated heterocycles. The van der Waals surface area contributed by atoms with E-state index < -0.39 is 0 Å². The number of hydrogen-bond donors (Lipinski definition) is 1. The van der Waals surface area contributed by atoms with Crippen LogP contribution in [-0.4, -0.2) is 34.4 Å². The van der Waals surface area contributed by atoms with Crippen LogP contribution in [0.2, 0.25) is 5.02 Å². The summed E-state index contributed by atoms with van der Waals surface area (Å²) >= 11 is 5.93. The molecule has 152 valence electrons. The summed E-state index contributed by atoms with van der Waals surface area (Å²) in [7, 11) is 1.64. The van der Waals surface area contributed by atoms with E-state index in [1.807, 2.05) is 42.6 Å². The largest absolute Gasteiger partial charge is 0.497 e. The Balaban J connectivity index is 1.75. The van der Waals surface area contributed by atoms with Crippen LogP contribution in [0.25, 0.3) is 0 Å². The molecule has 5 nitrogen and oxygen atoms in total. The molecule has 0 aliphatic heterocycles. The molecule has 3 rings (SSSR count). The fourth-order valence-electron chi connectivity index (χ4n) is 3.35. The van der Waals surface area contributed by atoms with Gasteiger partial charge in [-0.15, -0.1) is 0 Å². The van der Waals surface area contributed by atoms with Crippen LogP contribution in [0, 0.1) is 0 Å². The lowest BCUT2D eigenvalue weighted by molar-refractivity contribution is -0.118. The molecule has 29 heavy (non-hydrogen) atoms. The first-order valence-corrected chi connectivity index (χ1v) is 9.97. The highest BCUT2D eigenvalue weighted by molar-refractivity contribution is 6.30. The normalized spacial score (nSPS) is 12.0. The summed E-state index contributed by atoms with van der Waals surface area (Å²) in [6, 6.07) is 15.3. The Morgan fingerprint density at radius 1 is 1.14 bits per heavy atom. The number of methoxy groups -OCH3 is 1. The third-order valence-corrected chi connectivity index (χ3v) is 5.14. The molecule has 0 aliphatic rings. The molecule has 2 aromatic carbocycles. The topological polar surface area (TPSA) is 64.3 Å². The number of aliphatic hydroxyl groups excluding tert-OH is 1. The molecule has 0 fully saturated rings. The standard InChI is InChI=1S/C23H25ClN2O3/c1-29-23-8-4-17(5-9-23)12-19(20-15-25-26(16-20)10-11-27)14-22(28)13-18-2-6-21(24)7-3-18/h2-9,15-16,19,27H,10-14H2,1H3/t19-/m1/s1. The van der Waals surface area contributed by atoms with Crippen LogP contribution in [-0.2, 0) is 24.2 Å². The van der Waals surface area contributed by atoms with Crippen LogP contribution in [0.3, 0.4) is 0 Å². The van der Waals surface area contributed by atoms with Gasteiger partial charge in [-0.25, -0.2) is 0 Å². The van der Waals surface area contributed by atoms with Gasteiger partial charge in [-0.2, -0.15) is 5.10 Å². The molecule has 6 heteroatoms. The molecule has 0 spiro atoms. The Kier molecular flexibility index (Phi) is 7.44. The predicted molar refractivity (Wildman–Crippen MR) is 114 cm³/mol. The number of aromatic nitrogens is 2. The second-order valence-corrected chi connectivity index (χ2v) is 7.49. The zero-order valence-corrected chi connectivity index (χ0v) is 17.2. The minimum Gasteiger partial charge on any atom is -0.497 e. The fraction of sp³-hybridized carbons (Fsp3) is 0.304. The van der Waals surface area contributed by atoms with Gasteiger partial charge >= 0.3 is 0 Å². The number of ketones is 1. The van der Waals surface area contributed by atoms with Crippen molar-refractivity contribution in [1.29, 1.82) is 0 Å². The number of carbonyl (C=O) groups excluding carboxylic acids is 1. The zero-order chi connectivity index (χ0) is 20.6. The molecule has 0 unspecified atom stereocenters. The van der Waals surface area contributed by atoms with Crippen molar-refractivity contribution in [2.45, 2.75) is 31.7 Å². The van der Waals surface area contributed by atoms with Crippen molar-refractivity contribution in [1.82, 2.24) is 9.78 Å².